The Morgan fingerprint density at radius 1 is 0.818 bits per heavy atom. The molecule has 0 aliphatic rings. The molecule has 0 heterocycles. The maximum atomic E-state index is 12.8. The summed E-state index contributed by atoms with van der Waals surface area (Å²) in [6, 6.07) is 25.1. The van der Waals surface area contributed by atoms with Gasteiger partial charge in [0.1, 0.15) is 13.2 Å². The van der Waals surface area contributed by atoms with E-state index in [0.717, 1.165) is 11.1 Å². The van der Waals surface area contributed by atoms with Crippen LogP contribution in [0.3, 0.4) is 0 Å². The fourth-order valence-corrected chi connectivity index (χ4v) is 3.03. The molecule has 0 atom stereocenters. The Kier molecular flexibility index (Phi) is 8.54. The average molecular weight is 443 g/mol. The lowest BCUT2D eigenvalue weighted by Crippen LogP contribution is -2.35. The van der Waals surface area contributed by atoms with Crippen LogP contribution < -0.4 is 4.90 Å². The standard InChI is InChI=1S/C27H25NO5/c1-2-32-26(30)19-28(24-11-7-4-8-12-24)25(29)18-15-21-13-16-23(17-14-21)27(31)33-20-22-9-5-3-6-10-22/h3-18H,2,19-20H2,1H3/b18-15+. The highest BCUT2D eigenvalue weighted by atomic mass is 16.5. The number of ether oxygens (including phenoxy) is 2. The Hall–Kier alpha value is -4.19. The summed E-state index contributed by atoms with van der Waals surface area (Å²) in [7, 11) is 0. The molecule has 3 aromatic rings. The first-order valence-corrected chi connectivity index (χ1v) is 10.6. The highest BCUT2D eigenvalue weighted by Gasteiger charge is 2.17. The van der Waals surface area contributed by atoms with E-state index in [-0.39, 0.29) is 25.7 Å². The fourth-order valence-electron chi connectivity index (χ4n) is 3.03. The number of rotatable bonds is 9. The van der Waals surface area contributed by atoms with Gasteiger partial charge in [-0.05, 0) is 48.4 Å². The zero-order valence-corrected chi connectivity index (χ0v) is 18.3. The Morgan fingerprint density at radius 2 is 1.45 bits per heavy atom. The van der Waals surface area contributed by atoms with Crippen molar-refractivity contribution in [3.8, 4) is 0 Å². The Bertz CT molecular complexity index is 1090. The predicted octanol–water partition coefficient (Wildman–Crippen LogP) is 4.65. The smallest absolute Gasteiger partial charge is 0.338 e. The summed E-state index contributed by atoms with van der Waals surface area (Å²) >= 11 is 0. The minimum atomic E-state index is -0.485. The van der Waals surface area contributed by atoms with Crippen LogP contribution in [-0.2, 0) is 25.7 Å². The molecule has 1 amide bonds. The van der Waals surface area contributed by atoms with Crippen LogP contribution in [0.5, 0.6) is 0 Å². The van der Waals surface area contributed by atoms with Crippen LogP contribution in [0.15, 0.2) is 91.0 Å². The summed E-state index contributed by atoms with van der Waals surface area (Å²) in [5, 5.41) is 0. The molecule has 0 radical (unpaired) electrons. The van der Waals surface area contributed by atoms with E-state index in [1.165, 1.54) is 11.0 Å². The van der Waals surface area contributed by atoms with Gasteiger partial charge in [-0.3, -0.25) is 14.5 Å². The zero-order chi connectivity index (χ0) is 23.5. The van der Waals surface area contributed by atoms with Crippen molar-refractivity contribution in [2.75, 3.05) is 18.1 Å². The summed E-state index contributed by atoms with van der Waals surface area (Å²) in [4.78, 5) is 38.4. The van der Waals surface area contributed by atoms with Crippen molar-refractivity contribution >= 4 is 29.6 Å². The average Bonchev–Trinajstić information content (AvgIpc) is 2.86. The van der Waals surface area contributed by atoms with Crippen LogP contribution >= 0.6 is 0 Å². The van der Waals surface area contributed by atoms with E-state index in [1.54, 1.807) is 61.5 Å². The van der Waals surface area contributed by atoms with Gasteiger partial charge in [0, 0.05) is 11.8 Å². The second kappa shape index (κ2) is 12.0. The molecule has 168 valence electrons. The molecule has 0 saturated heterocycles. The van der Waals surface area contributed by atoms with Crippen molar-refractivity contribution in [1.82, 2.24) is 0 Å². The first-order chi connectivity index (χ1) is 16.1. The van der Waals surface area contributed by atoms with Crippen LogP contribution in [0.4, 0.5) is 5.69 Å². The minimum absolute atomic E-state index is 0.187. The third-order valence-electron chi connectivity index (χ3n) is 4.70. The van der Waals surface area contributed by atoms with Crippen molar-refractivity contribution in [3.05, 3.63) is 108 Å². The first-order valence-electron chi connectivity index (χ1n) is 10.6. The van der Waals surface area contributed by atoms with Gasteiger partial charge in [-0.1, -0.05) is 60.7 Å². The molecular formula is C27H25NO5. The third-order valence-corrected chi connectivity index (χ3v) is 4.70. The lowest BCUT2D eigenvalue weighted by Gasteiger charge is -2.20. The van der Waals surface area contributed by atoms with Crippen LogP contribution in [0.2, 0.25) is 0 Å². The Labute approximate surface area is 193 Å². The van der Waals surface area contributed by atoms with Gasteiger partial charge in [0.15, 0.2) is 0 Å². The van der Waals surface area contributed by atoms with E-state index < -0.39 is 11.9 Å². The molecule has 3 rings (SSSR count). The minimum Gasteiger partial charge on any atom is -0.465 e. The number of carbonyl (C=O) groups excluding carboxylic acids is 3. The van der Waals surface area contributed by atoms with Crippen molar-refractivity contribution < 1.29 is 23.9 Å². The van der Waals surface area contributed by atoms with E-state index in [4.69, 9.17) is 9.47 Å². The Morgan fingerprint density at radius 3 is 2.09 bits per heavy atom. The van der Waals surface area contributed by atoms with Gasteiger partial charge < -0.3 is 9.47 Å². The molecule has 0 fully saturated rings. The van der Waals surface area contributed by atoms with Crippen molar-refractivity contribution in [1.29, 1.82) is 0 Å². The highest BCUT2D eigenvalue weighted by Crippen LogP contribution is 2.15. The molecule has 3 aromatic carbocycles. The number of amides is 1. The van der Waals surface area contributed by atoms with E-state index >= 15 is 0 Å². The number of esters is 2. The lowest BCUT2D eigenvalue weighted by atomic mass is 10.1. The van der Waals surface area contributed by atoms with Crippen LogP contribution in [0.1, 0.15) is 28.4 Å². The number of hydrogen-bond donors (Lipinski definition) is 0. The van der Waals surface area contributed by atoms with E-state index in [2.05, 4.69) is 0 Å². The number of carbonyl (C=O) groups is 3. The van der Waals surface area contributed by atoms with Gasteiger partial charge in [0.05, 0.1) is 12.2 Å². The van der Waals surface area contributed by atoms with Crippen LogP contribution in [0.25, 0.3) is 6.08 Å². The molecule has 0 spiro atoms. The van der Waals surface area contributed by atoms with Gasteiger partial charge in [-0.2, -0.15) is 0 Å². The third kappa shape index (κ3) is 7.18. The number of hydrogen-bond acceptors (Lipinski definition) is 5. The summed E-state index contributed by atoms with van der Waals surface area (Å²) in [5.41, 5.74) is 2.65. The van der Waals surface area contributed by atoms with Gasteiger partial charge in [0.25, 0.3) is 5.91 Å². The predicted molar refractivity (Wildman–Crippen MR) is 126 cm³/mol. The maximum Gasteiger partial charge on any atom is 0.338 e. The summed E-state index contributed by atoms with van der Waals surface area (Å²) in [5.74, 6) is -1.27. The van der Waals surface area contributed by atoms with Gasteiger partial charge >= 0.3 is 11.9 Å². The Balaban J connectivity index is 1.63. The second-order valence-corrected chi connectivity index (χ2v) is 7.08. The van der Waals surface area contributed by atoms with Crippen LogP contribution in [-0.4, -0.2) is 31.0 Å². The van der Waals surface area contributed by atoms with Gasteiger partial charge in [0.2, 0.25) is 0 Å². The molecule has 0 aromatic heterocycles. The largest absolute Gasteiger partial charge is 0.465 e. The molecule has 33 heavy (non-hydrogen) atoms. The molecule has 0 saturated carbocycles. The van der Waals surface area contributed by atoms with Gasteiger partial charge in [-0.25, -0.2) is 4.79 Å². The summed E-state index contributed by atoms with van der Waals surface area (Å²) < 4.78 is 10.3. The molecule has 6 nitrogen and oxygen atoms in total. The van der Waals surface area contributed by atoms with Crippen molar-refractivity contribution in [3.63, 3.8) is 0 Å². The molecule has 0 bridgehead atoms. The van der Waals surface area contributed by atoms with E-state index in [0.29, 0.717) is 11.3 Å². The highest BCUT2D eigenvalue weighted by molar-refractivity contribution is 6.06. The molecule has 0 unspecified atom stereocenters. The zero-order valence-electron chi connectivity index (χ0n) is 18.3. The normalized spacial score (nSPS) is 10.6. The second-order valence-electron chi connectivity index (χ2n) is 7.08. The lowest BCUT2D eigenvalue weighted by molar-refractivity contribution is -0.142. The molecule has 6 heteroatoms. The molecule has 0 aliphatic heterocycles. The number of benzene rings is 3. The quantitative estimate of drug-likeness (QED) is 0.355. The first kappa shape index (κ1) is 23.5. The SMILES string of the molecule is CCOC(=O)CN(C(=O)/C=C/c1ccc(C(=O)OCc2ccccc2)cc1)c1ccccc1. The number of anilines is 1. The maximum absolute atomic E-state index is 12.8. The topological polar surface area (TPSA) is 72.9 Å². The number of nitrogens with zero attached hydrogens (tertiary/aromatic N) is 1. The van der Waals surface area contributed by atoms with E-state index in [9.17, 15) is 14.4 Å². The molecular weight excluding hydrogens is 418 g/mol. The fraction of sp³-hybridized carbons (Fsp3) is 0.148. The summed E-state index contributed by atoms with van der Waals surface area (Å²) in [6.07, 6.45) is 3.01. The van der Waals surface area contributed by atoms with Crippen molar-refractivity contribution in [2.45, 2.75) is 13.5 Å². The van der Waals surface area contributed by atoms with E-state index in [1.807, 2.05) is 36.4 Å². The monoisotopic (exact) mass is 443 g/mol. The number of para-hydroxylation sites is 1. The summed E-state index contributed by atoms with van der Waals surface area (Å²) in [6.45, 7) is 1.97. The molecule has 0 aliphatic carbocycles. The van der Waals surface area contributed by atoms with Crippen LogP contribution in [0, 0.1) is 0 Å². The molecule has 0 N–H and O–H groups in total. The van der Waals surface area contributed by atoms with Gasteiger partial charge in [-0.15, -0.1) is 0 Å². The van der Waals surface area contributed by atoms with Crippen molar-refractivity contribution in [2.24, 2.45) is 0 Å².